The van der Waals surface area contributed by atoms with Crippen molar-refractivity contribution in [1.82, 2.24) is 10.6 Å². The lowest BCUT2D eigenvalue weighted by Gasteiger charge is -2.09. The van der Waals surface area contributed by atoms with Gasteiger partial charge in [0.05, 0.1) is 11.5 Å². The molecule has 1 rings (SSSR count). The molecule has 18 heavy (non-hydrogen) atoms. The lowest BCUT2D eigenvalue weighted by molar-refractivity contribution is -0.404. The molecule has 0 fully saturated rings. The Morgan fingerprint density at radius 2 is 2.33 bits per heavy atom. The summed E-state index contributed by atoms with van der Waals surface area (Å²) in [5, 5.41) is 15.8. The highest BCUT2D eigenvalue weighted by Gasteiger charge is 1.99. The molecule has 1 aromatic carbocycles. The first kappa shape index (κ1) is 13.8. The van der Waals surface area contributed by atoms with Crippen LogP contribution in [0.25, 0.3) is 0 Å². The van der Waals surface area contributed by atoms with E-state index in [-0.39, 0.29) is 0 Å². The Labute approximate surface area is 106 Å². The third kappa shape index (κ3) is 5.20. The van der Waals surface area contributed by atoms with Crippen LogP contribution in [0.2, 0.25) is 0 Å². The summed E-state index contributed by atoms with van der Waals surface area (Å²) in [5.41, 5.74) is 1.13. The number of ether oxygens (including phenoxy) is 1. The fourth-order valence-electron chi connectivity index (χ4n) is 1.36. The summed E-state index contributed by atoms with van der Waals surface area (Å²) in [6.45, 7) is 2.90. The standard InChI is InChI=1S/C12H17N3O3/c1-10-4-3-5-11(8-10)18-7-6-14-12(13-2)9-15(16)17/h3-5,8-9,13-14H,6-7H2,1-2H3. The average molecular weight is 251 g/mol. The molecule has 0 unspecified atom stereocenters. The van der Waals surface area contributed by atoms with Crippen molar-refractivity contribution in [2.45, 2.75) is 6.92 Å². The SMILES string of the molecule is CNC(=C[N+](=O)[O-])NCCOc1cccc(C)c1. The minimum atomic E-state index is -0.514. The molecule has 0 heterocycles. The lowest BCUT2D eigenvalue weighted by atomic mass is 10.2. The molecule has 0 atom stereocenters. The zero-order chi connectivity index (χ0) is 13.4. The van der Waals surface area contributed by atoms with Crippen molar-refractivity contribution in [3.05, 3.63) is 52.0 Å². The van der Waals surface area contributed by atoms with Crippen molar-refractivity contribution in [1.29, 1.82) is 0 Å². The van der Waals surface area contributed by atoms with Crippen molar-refractivity contribution >= 4 is 0 Å². The second kappa shape index (κ2) is 7.16. The maximum atomic E-state index is 10.3. The average Bonchev–Trinajstić information content (AvgIpc) is 2.32. The second-order valence-corrected chi connectivity index (χ2v) is 3.67. The highest BCUT2D eigenvalue weighted by Crippen LogP contribution is 2.11. The number of nitrogens with zero attached hydrogens (tertiary/aromatic N) is 1. The Morgan fingerprint density at radius 3 is 2.94 bits per heavy atom. The van der Waals surface area contributed by atoms with Gasteiger partial charge >= 0.3 is 0 Å². The number of rotatable bonds is 7. The zero-order valence-corrected chi connectivity index (χ0v) is 10.5. The van der Waals surface area contributed by atoms with Crippen molar-refractivity contribution in [2.75, 3.05) is 20.2 Å². The first-order valence-electron chi connectivity index (χ1n) is 5.58. The summed E-state index contributed by atoms with van der Waals surface area (Å²) in [6.07, 6.45) is 0.882. The normalized spacial score (nSPS) is 10.9. The van der Waals surface area contributed by atoms with Crippen molar-refractivity contribution in [3.8, 4) is 5.75 Å². The highest BCUT2D eigenvalue weighted by molar-refractivity contribution is 5.27. The molecule has 98 valence electrons. The summed E-state index contributed by atoms with van der Waals surface area (Å²) in [4.78, 5) is 9.76. The molecule has 0 aliphatic heterocycles. The van der Waals surface area contributed by atoms with Gasteiger partial charge in [-0.15, -0.1) is 0 Å². The molecule has 0 amide bonds. The van der Waals surface area contributed by atoms with Crippen LogP contribution in [0.3, 0.4) is 0 Å². The number of hydrogen-bond acceptors (Lipinski definition) is 5. The highest BCUT2D eigenvalue weighted by atomic mass is 16.6. The van der Waals surface area contributed by atoms with Gasteiger partial charge in [-0.2, -0.15) is 0 Å². The summed E-state index contributed by atoms with van der Waals surface area (Å²) >= 11 is 0. The first-order chi connectivity index (χ1) is 8.61. The van der Waals surface area contributed by atoms with Crippen molar-refractivity contribution < 1.29 is 9.66 Å². The van der Waals surface area contributed by atoms with E-state index >= 15 is 0 Å². The second-order valence-electron chi connectivity index (χ2n) is 3.67. The summed E-state index contributed by atoms with van der Waals surface area (Å²) < 4.78 is 5.50. The van der Waals surface area contributed by atoms with Gasteiger partial charge in [0.2, 0.25) is 0 Å². The Hall–Kier alpha value is -2.24. The maximum absolute atomic E-state index is 10.3. The van der Waals surface area contributed by atoms with Crippen molar-refractivity contribution in [3.63, 3.8) is 0 Å². The molecule has 0 saturated heterocycles. The molecule has 0 radical (unpaired) electrons. The number of nitro groups is 1. The third-order valence-corrected chi connectivity index (χ3v) is 2.18. The van der Waals surface area contributed by atoms with E-state index in [1.807, 2.05) is 31.2 Å². The van der Waals surface area contributed by atoms with Gasteiger partial charge in [-0.05, 0) is 24.6 Å². The zero-order valence-electron chi connectivity index (χ0n) is 10.5. The van der Waals surface area contributed by atoms with Crippen LogP contribution in [-0.4, -0.2) is 25.1 Å². The van der Waals surface area contributed by atoms with E-state index in [1.54, 1.807) is 7.05 Å². The van der Waals surface area contributed by atoms with Gasteiger partial charge in [-0.25, -0.2) is 0 Å². The van der Waals surface area contributed by atoms with Crippen LogP contribution in [0.1, 0.15) is 5.56 Å². The lowest BCUT2D eigenvalue weighted by Crippen LogP contribution is -2.28. The number of hydrogen-bond donors (Lipinski definition) is 2. The van der Waals surface area contributed by atoms with E-state index in [0.29, 0.717) is 19.0 Å². The third-order valence-electron chi connectivity index (χ3n) is 2.18. The maximum Gasteiger partial charge on any atom is 0.274 e. The largest absolute Gasteiger partial charge is 0.492 e. The van der Waals surface area contributed by atoms with Crippen LogP contribution >= 0.6 is 0 Å². The molecule has 6 heteroatoms. The van der Waals surface area contributed by atoms with Crippen LogP contribution in [-0.2, 0) is 0 Å². The minimum absolute atomic E-state index is 0.354. The van der Waals surface area contributed by atoms with Gasteiger partial charge in [0.25, 0.3) is 6.20 Å². The first-order valence-corrected chi connectivity index (χ1v) is 5.58. The number of nitrogens with one attached hydrogen (secondary N) is 2. The Balaban J connectivity index is 2.32. The van der Waals surface area contributed by atoms with Gasteiger partial charge in [-0.1, -0.05) is 12.1 Å². The molecular formula is C12H17N3O3. The fraction of sp³-hybridized carbons (Fsp3) is 0.333. The van der Waals surface area contributed by atoms with E-state index in [4.69, 9.17) is 4.74 Å². The summed E-state index contributed by atoms with van der Waals surface area (Å²) in [7, 11) is 1.61. The predicted molar refractivity (Wildman–Crippen MR) is 68.8 cm³/mol. The monoisotopic (exact) mass is 251 g/mol. The molecule has 0 aliphatic carbocycles. The molecule has 0 spiro atoms. The van der Waals surface area contributed by atoms with E-state index in [9.17, 15) is 10.1 Å². The molecule has 6 nitrogen and oxygen atoms in total. The quantitative estimate of drug-likeness (QED) is 0.433. The molecule has 0 aromatic heterocycles. The molecule has 2 N–H and O–H groups in total. The Kier molecular flexibility index (Phi) is 5.50. The molecule has 0 saturated carbocycles. The van der Waals surface area contributed by atoms with Crippen LogP contribution in [0.5, 0.6) is 5.75 Å². The van der Waals surface area contributed by atoms with E-state index in [0.717, 1.165) is 17.5 Å². The molecule has 0 bridgehead atoms. The van der Waals surface area contributed by atoms with Crippen LogP contribution in [0.15, 0.2) is 36.3 Å². The van der Waals surface area contributed by atoms with Gasteiger partial charge < -0.3 is 15.4 Å². The van der Waals surface area contributed by atoms with Gasteiger partial charge in [0.1, 0.15) is 12.4 Å². The molecule has 0 aliphatic rings. The molecular weight excluding hydrogens is 234 g/mol. The fourth-order valence-corrected chi connectivity index (χ4v) is 1.36. The van der Waals surface area contributed by atoms with Gasteiger partial charge in [0.15, 0.2) is 5.82 Å². The van der Waals surface area contributed by atoms with Gasteiger partial charge in [-0.3, -0.25) is 10.1 Å². The summed E-state index contributed by atoms with van der Waals surface area (Å²) in [6, 6.07) is 7.72. The van der Waals surface area contributed by atoms with E-state index < -0.39 is 4.92 Å². The number of aryl methyl sites for hydroxylation is 1. The van der Waals surface area contributed by atoms with Crippen LogP contribution in [0.4, 0.5) is 0 Å². The smallest absolute Gasteiger partial charge is 0.274 e. The number of benzene rings is 1. The van der Waals surface area contributed by atoms with E-state index in [1.165, 1.54) is 0 Å². The molecule has 1 aromatic rings. The minimum Gasteiger partial charge on any atom is -0.492 e. The summed E-state index contributed by atoms with van der Waals surface area (Å²) in [5.74, 6) is 1.15. The van der Waals surface area contributed by atoms with Crippen LogP contribution < -0.4 is 15.4 Å². The Morgan fingerprint density at radius 1 is 1.56 bits per heavy atom. The van der Waals surface area contributed by atoms with Crippen LogP contribution in [0, 0.1) is 17.0 Å². The van der Waals surface area contributed by atoms with Crippen molar-refractivity contribution in [2.24, 2.45) is 0 Å². The van der Waals surface area contributed by atoms with Gasteiger partial charge in [0, 0.05) is 7.05 Å². The van der Waals surface area contributed by atoms with E-state index in [2.05, 4.69) is 10.6 Å². The topological polar surface area (TPSA) is 76.4 Å². The Bertz CT molecular complexity index is 432. The predicted octanol–water partition coefficient (Wildman–Crippen LogP) is 1.26.